The van der Waals surface area contributed by atoms with Gasteiger partial charge < -0.3 is 0 Å². The van der Waals surface area contributed by atoms with Gasteiger partial charge in [-0.25, -0.2) is 9.29 Å². The van der Waals surface area contributed by atoms with Gasteiger partial charge in [0, 0.05) is 13.1 Å². The molecule has 0 heterocycles. The van der Waals surface area contributed by atoms with Crippen molar-refractivity contribution in [3.05, 3.63) is 0 Å². The highest BCUT2D eigenvalue weighted by molar-refractivity contribution is 9.10. The SMILES string of the molecule is CCN(CC)C(F)(F)C(F)(Cl)Br. The van der Waals surface area contributed by atoms with E-state index in [1.54, 1.807) is 0 Å². The summed E-state index contributed by atoms with van der Waals surface area (Å²) in [6.45, 7) is 3.08. The standard InChI is InChI=1S/C6H10BrClF3N/c1-3-12(4-2)6(10,11)5(7,8)9/h3-4H2,1-2H3. The molecule has 6 heteroatoms. The molecule has 0 rings (SSSR count). The van der Waals surface area contributed by atoms with Gasteiger partial charge in [-0.3, -0.25) is 0 Å². The number of halogens is 5. The van der Waals surface area contributed by atoms with Crippen LogP contribution in [0.15, 0.2) is 0 Å². The minimum atomic E-state index is -3.70. The van der Waals surface area contributed by atoms with Crippen molar-refractivity contribution in [2.75, 3.05) is 13.1 Å². The van der Waals surface area contributed by atoms with Crippen LogP contribution in [0, 0.1) is 0 Å². The molecule has 0 radical (unpaired) electrons. The zero-order valence-corrected chi connectivity index (χ0v) is 9.09. The maximum Gasteiger partial charge on any atom is 0.362 e. The molecule has 0 N–H and O–H groups in total. The van der Waals surface area contributed by atoms with Crippen LogP contribution in [0.5, 0.6) is 0 Å². The number of alkyl halides is 5. The van der Waals surface area contributed by atoms with Gasteiger partial charge in [0.1, 0.15) is 0 Å². The van der Waals surface area contributed by atoms with E-state index in [2.05, 4.69) is 15.9 Å². The molecule has 0 bridgehead atoms. The molecule has 0 aromatic rings. The molecule has 1 nitrogen and oxygen atoms in total. The van der Waals surface area contributed by atoms with E-state index >= 15 is 0 Å². The maximum absolute atomic E-state index is 13.0. The van der Waals surface area contributed by atoms with Gasteiger partial charge in [-0.15, -0.1) is 0 Å². The van der Waals surface area contributed by atoms with Crippen molar-refractivity contribution in [1.82, 2.24) is 4.90 Å². The second kappa shape index (κ2) is 4.15. The van der Waals surface area contributed by atoms with E-state index in [9.17, 15) is 13.2 Å². The van der Waals surface area contributed by atoms with Crippen LogP contribution in [-0.2, 0) is 0 Å². The van der Waals surface area contributed by atoms with Crippen molar-refractivity contribution >= 4 is 27.5 Å². The third-order valence-electron chi connectivity index (χ3n) is 1.50. The predicted octanol–water partition coefficient (Wildman–Crippen LogP) is 3.18. The molecule has 0 aromatic carbocycles. The van der Waals surface area contributed by atoms with Crippen molar-refractivity contribution in [3.63, 3.8) is 0 Å². The van der Waals surface area contributed by atoms with Crippen molar-refractivity contribution < 1.29 is 13.2 Å². The van der Waals surface area contributed by atoms with Gasteiger partial charge in [-0.1, -0.05) is 25.4 Å². The van der Waals surface area contributed by atoms with Gasteiger partial charge in [0.25, 0.3) is 0 Å². The Morgan fingerprint density at radius 3 is 1.67 bits per heavy atom. The Kier molecular flexibility index (Phi) is 4.33. The van der Waals surface area contributed by atoms with Gasteiger partial charge in [-0.2, -0.15) is 8.78 Å². The first-order chi connectivity index (χ1) is 5.27. The largest absolute Gasteiger partial charge is 0.362 e. The van der Waals surface area contributed by atoms with Crippen LogP contribution in [0.1, 0.15) is 13.8 Å². The summed E-state index contributed by atoms with van der Waals surface area (Å²) < 4.78 is 35.4. The normalized spacial score (nSPS) is 18.0. The zero-order chi connectivity index (χ0) is 9.99. The number of hydrogen-bond donors (Lipinski definition) is 0. The Balaban J connectivity index is 4.57. The Hall–Kier alpha value is 0.520. The highest BCUT2D eigenvalue weighted by atomic mass is 79.9. The summed E-state index contributed by atoms with van der Waals surface area (Å²) in [6.07, 6.45) is 0. The molecule has 12 heavy (non-hydrogen) atoms. The first-order valence-corrected chi connectivity index (χ1v) is 4.64. The molecule has 0 aromatic heterocycles. The molecular formula is C6H10BrClF3N. The lowest BCUT2D eigenvalue weighted by Gasteiger charge is -2.32. The Bertz CT molecular complexity index is 144. The van der Waals surface area contributed by atoms with Crippen molar-refractivity contribution in [3.8, 4) is 0 Å². The van der Waals surface area contributed by atoms with Crippen molar-refractivity contribution in [2.24, 2.45) is 0 Å². The van der Waals surface area contributed by atoms with Crippen LogP contribution in [-0.4, -0.2) is 28.1 Å². The topological polar surface area (TPSA) is 3.24 Å². The summed E-state index contributed by atoms with van der Waals surface area (Å²) in [4.78, 5) is 0.634. The van der Waals surface area contributed by atoms with Crippen LogP contribution in [0.25, 0.3) is 0 Å². The minimum absolute atomic E-state index is 0.0352. The molecule has 0 aliphatic carbocycles. The third kappa shape index (κ3) is 2.50. The molecule has 1 atom stereocenters. The van der Waals surface area contributed by atoms with E-state index in [0.717, 1.165) is 0 Å². The van der Waals surface area contributed by atoms with Gasteiger partial charge in [0.2, 0.25) is 0 Å². The summed E-state index contributed by atoms with van der Waals surface area (Å²) in [5.74, 6) is 0. The van der Waals surface area contributed by atoms with Crippen molar-refractivity contribution in [2.45, 2.75) is 23.9 Å². The number of hydrogen-bond acceptors (Lipinski definition) is 1. The first kappa shape index (κ1) is 12.5. The Morgan fingerprint density at radius 2 is 1.58 bits per heavy atom. The molecular weight excluding hydrogens is 258 g/mol. The number of nitrogens with zero attached hydrogens (tertiary/aromatic N) is 1. The van der Waals surface area contributed by atoms with Crippen molar-refractivity contribution in [1.29, 1.82) is 0 Å². The van der Waals surface area contributed by atoms with Gasteiger partial charge >= 0.3 is 10.1 Å². The summed E-state index contributed by atoms with van der Waals surface area (Å²) in [5, 5.41) is 0. The lowest BCUT2D eigenvalue weighted by atomic mass is 10.4. The highest BCUT2D eigenvalue weighted by Gasteiger charge is 2.55. The second-order valence-electron chi connectivity index (χ2n) is 2.21. The van der Waals surface area contributed by atoms with Gasteiger partial charge in [0.15, 0.2) is 0 Å². The van der Waals surface area contributed by atoms with E-state index in [-0.39, 0.29) is 13.1 Å². The smallest absolute Gasteiger partial charge is 0.240 e. The summed E-state index contributed by atoms with van der Waals surface area (Å²) in [7, 11) is 0. The average molecular weight is 269 g/mol. The molecule has 1 unspecified atom stereocenters. The molecule has 0 fully saturated rings. The van der Waals surface area contributed by atoms with Crippen LogP contribution >= 0.6 is 27.5 Å². The van der Waals surface area contributed by atoms with Crippen LogP contribution in [0.3, 0.4) is 0 Å². The fourth-order valence-corrected chi connectivity index (χ4v) is 1.17. The summed E-state index contributed by atoms with van der Waals surface area (Å²) >= 11 is 6.92. The molecule has 0 aliphatic heterocycles. The van der Waals surface area contributed by atoms with E-state index in [0.29, 0.717) is 4.90 Å². The predicted molar refractivity (Wildman–Crippen MR) is 46.5 cm³/mol. The molecule has 0 saturated heterocycles. The minimum Gasteiger partial charge on any atom is -0.240 e. The van der Waals surface area contributed by atoms with E-state index in [4.69, 9.17) is 11.6 Å². The molecule has 0 aliphatic rings. The quantitative estimate of drug-likeness (QED) is 0.559. The lowest BCUT2D eigenvalue weighted by molar-refractivity contribution is -0.175. The zero-order valence-electron chi connectivity index (χ0n) is 6.75. The van der Waals surface area contributed by atoms with Gasteiger partial charge in [0.05, 0.1) is 0 Å². The fraction of sp³-hybridized carbons (Fsp3) is 1.00. The Labute approximate surface area is 83.0 Å². The lowest BCUT2D eigenvalue weighted by Crippen LogP contribution is -2.50. The van der Waals surface area contributed by atoms with Gasteiger partial charge in [-0.05, 0) is 15.9 Å². The van der Waals surface area contributed by atoms with Crippen LogP contribution in [0.4, 0.5) is 13.2 Å². The molecule has 74 valence electrons. The monoisotopic (exact) mass is 267 g/mol. The van der Waals surface area contributed by atoms with Crippen LogP contribution in [0.2, 0.25) is 0 Å². The first-order valence-electron chi connectivity index (χ1n) is 3.47. The highest BCUT2D eigenvalue weighted by Crippen LogP contribution is 2.43. The fourth-order valence-electron chi connectivity index (χ4n) is 0.800. The van der Waals surface area contributed by atoms with Crippen LogP contribution < -0.4 is 0 Å². The average Bonchev–Trinajstić information content (AvgIpc) is 1.87. The van der Waals surface area contributed by atoms with E-state index in [1.165, 1.54) is 13.8 Å². The second-order valence-corrected chi connectivity index (χ2v) is 4.28. The molecule has 0 saturated carbocycles. The molecule has 0 amide bonds. The molecule has 0 spiro atoms. The Morgan fingerprint density at radius 1 is 1.25 bits per heavy atom. The van der Waals surface area contributed by atoms with E-state index < -0.39 is 10.1 Å². The summed E-state index contributed by atoms with van der Waals surface area (Å²) in [6, 6.07) is -3.70. The maximum atomic E-state index is 13.0. The van der Waals surface area contributed by atoms with E-state index in [1.807, 2.05) is 0 Å². The summed E-state index contributed by atoms with van der Waals surface area (Å²) in [5.41, 5.74) is 0. The third-order valence-corrected chi connectivity index (χ3v) is 2.21. The number of rotatable bonds is 4.